The zero-order valence-corrected chi connectivity index (χ0v) is 9.17. The first-order valence-corrected chi connectivity index (χ1v) is 5.00. The molecule has 0 atom stereocenters. The van der Waals surface area contributed by atoms with E-state index in [9.17, 15) is 4.79 Å². The molecule has 5 heteroatoms. The molecule has 1 rings (SSSR count). The Hall–Kier alpha value is -0.840. The van der Waals surface area contributed by atoms with E-state index in [1.54, 1.807) is 10.7 Å². The van der Waals surface area contributed by atoms with Gasteiger partial charge < -0.3 is 4.74 Å². The molecule has 1 heterocycles. The first-order chi connectivity index (χ1) is 6.19. The Morgan fingerprint density at radius 1 is 1.77 bits per heavy atom. The van der Waals surface area contributed by atoms with E-state index in [2.05, 4.69) is 25.8 Å². The lowest BCUT2D eigenvalue weighted by Gasteiger charge is -1.98. The number of aryl methyl sites for hydroxylation is 2. The van der Waals surface area contributed by atoms with Crippen LogP contribution in [0.1, 0.15) is 16.2 Å². The van der Waals surface area contributed by atoms with Gasteiger partial charge in [0.2, 0.25) is 0 Å². The molecule has 1 aromatic rings. The minimum Gasteiger partial charge on any atom is -0.464 e. The second kappa shape index (κ2) is 4.41. The summed E-state index contributed by atoms with van der Waals surface area (Å²) < 4.78 is 6.32. The van der Waals surface area contributed by atoms with Gasteiger partial charge in [-0.25, -0.2) is 4.79 Å². The monoisotopic (exact) mass is 246 g/mol. The Kier molecular flexibility index (Phi) is 3.48. The Morgan fingerprint density at radius 2 is 2.46 bits per heavy atom. The van der Waals surface area contributed by atoms with Crippen LogP contribution < -0.4 is 0 Å². The van der Waals surface area contributed by atoms with E-state index in [4.69, 9.17) is 0 Å². The van der Waals surface area contributed by atoms with Crippen LogP contribution in [0.4, 0.5) is 0 Å². The van der Waals surface area contributed by atoms with Crippen LogP contribution in [0.5, 0.6) is 0 Å². The van der Waals surface area contributed by atoms with Crippen molar-refractivity contribution < 1.29 is 9.53 Å². The summed E-state index contributed by atoms with van der Waals surface area (Å²) in [5.74, 6) is -0.392. The number of ether oxygens (including phenoxy) is 1. The third-order valence-corrected chi connectivity index (χ3v) is 2.03. The van der Waals surface area contributed by atoms with Crippen molar-refractivity contribution in [2.45, 2.75) is 13.5 Å². The molecule has 0 N–H and O–H groups in total. The van der Waals surface area contributed by atoms with Gasteiger partial charge in [0.25, 0.3) is 0 Å². The molecule has 0 bridgehead atoms. The van der Waals surface area contributed by atoms with Crippen molar-refractivity contribution in [2.24, 2.45) is 0 Å². The van der Waals surface area contributed by atoms with E-state index < -0.39 is 5.97 Å². The molecule has 0 saturated heterocycles. The molecule has 0 fully saturated rings. The number of hydrogen-bond donors (Lipinski definition) is 0. The van der Waals surface area contributed by atoms with E-state index in [-0.39, 0.29) is 0 Å². The highest BCUT2D eigenvalue weighted by atomic mass is 79.9. The molecule has 0 aliphatic rings. The van der Waals surface area contributed by atoms with Gasteiger partial charge in [0, 0.05) is 11.0 Å². The quantitative estimate of drug-likeness (QED) is 0.598. The molecule has 0 saturated carbocycles. The fraction of sp³-hybridized carbons (Fsp3) is 0.500. The molecule has 0 amide bonds. The van der Waals surface area contributed by atoms with Crippen LogP contribution in [0.2, 0.25) is 0 Å². The SMILES string of the molecule is COC(=O)c1cc(C)n(CCBr)n1. The number of esters is 1. The summed E-state index contributed by atoms with van der Waals surface area (Å²) in [6.45, 7) is 2.66. The summed E-state index contributed by atoms with van der Waals surface area (Å²) in [5, 5.41) is 4.90. The number of halogens is 1. The standard InChI is InChI=1S/C8H11BrN2O2/c1-6-5-7(8(12)13-2)10-11(6)4-3-9/h5H,3-4H2,1-2H3. The lowest BCUT2D eigenvalue weighted by Crippen LogP contribution is -2.06. The molecule has 0 radical (unpaired) electrons. The van der Waals surface area contributed by atoms with Crippen LogP contribution in [-0.2, 0) is 11.3 Å². The van der Waals surface area contributed by atoms with Crippen molar-refractivity contribution >= 4 is 21.9 Å². The van der Waals surface area contributed by atoms with Gasteiger partial charge in [-0.1, -0.05) is 15.9 Å². The summed E-state index contributed by atoms with van der Waals surface area (Å²) in [5.41, 5.74) is 1.32. The fourth-order valence-corrected chi connectivity index (χ4v) is 1.36. The summed E-state index contributed by atoms with van der Waals surface area (Å²) in [7, 11) is 1.35. The van der Waals surface area contributed by atoms with Crippen LogP contribution in [-0.4, -0.2) is 28.2 Å². The normalized spacial score (nSPS) is 10.1. The molecule has 72 valence electrons. The number of aromatic nitrogens is 2. The van der Waals surface area contributed by atoms with Gasteiger partial charge in [-0.3, -0.25) is 4.68 Å². The maximum absolute atomic E-state index is 11.1. The van der Waals surface area contributed by atoms with Crippen LogP contribution in [0.25, 0.3) is 0 Å². The maximum atomic E-state index is 11.1. The lowest BCUT2D eigenvalue weighted by atomic mass is 10.4. The minimum absolute atomic E-state index is 0.362. The van der Waals surface area contributed by atoms with Crippen molar-refractivity contribution in [3.05, 3.63) is 17.5 Å². The molecule has 0 aromatic carbocycles. The van der Waals surface area contributed by atoms with Crippen molar-refractivity contribution in [2.75, 3.05) is 12.4 Å². The average molecular weight is 247 g/mol. The molecular weight excluding hydrogens is 236 g/mol. The number of alkyl halides is 1. The molecule has 1 aromatic heterocycles. The number of rotatable bonds is 3. The lowest BCUT2D eigenvalue weighted by molar-refractivity contribution is 0.0593. The van der Waals surface area contributed by atoms with E-state index in [0.29, 0.717) is 5.69 Å². The minimum atomic E-state index is -0.392. The van der Waals surface area contributed by atoms with Crippen molar-refractivity contribution in [3.63, 3.8) is 0 Å². The highest BCUT2D eigenvalue weighted by Crippen LogP contribution is 2.04. The first-order valence-electron chi connectivity index (χ1n) is 3.87. The highest BCUT2D eigenvalue weighted by molar-refractivity contribution is 9.09. The maximum Gasteiger partial charge on any atom is 0.358 e. The van der Waals surface area contributed by atoms with Crippen LogP contribution in [0.3, 0.4) is 0 Å². The molecule has 13 heavy (non-hydrogen) atoms. The summed E-state index contributed by atoms with van der Waals surface area (Å²) in [6, 6.07) is 1.72. The predicted octanol–water partition coefficient (Wildman–Crippen LogP) is 1.37. The van der Waals surface area contributed by atoms with Crippen molar-refractivity contribution in [3.8, 4) is 0 Å². The van der Waals surface area contributed by atoms with E-state index >= 15 is 0 Å². The van der Waals surface area contributed by atoms with Gasteiger partial charge >= 0.3 is 5.97 Å². The molecular formula is C8H11BrN2O2. The molecule has 4 nitrogen and oxygen atoms in total. The second-order valence-corrected chi connectivity index (χ2v) is 3.37. The van der Waals surface area contributed by atoms with Crippen LogP contribution >= 0.6 is 15.9 Å². The van der Waals surface area contributed by atoms with Gasteiger partial charge in [0.1, 0.15) is 0 Å². The Balaban J connectivity index is 2.88. The Bertz CT molecular complexity index is 309. The number of carbonyl (C=O) groups is 1. The van der Waals surface area contributed by atoms with E-state index in [1.807, 2.05) is 6.92 Å². The Labute approximate surface area is 85.0 Å². The van der Waals surface area contributed by atoms with Gasteiger partial charge in [0.15, 0.2) is 5.69 Å². The smallest absolute Gasteiger partial charge is 0.358 e. The number of carbonyl (C=O) groups excluding carboxylic acids is 1. The highest BCUT2D eigenvalue weighted by Gasteiger charge is 2.11. The summed E-state index contributed by atoms with van der Waals surface area (Å²) in [4.78, 5) is 11.1. The zero-order valence-electron chi connectivity index (χ0n) is 7.58. The van der Waals surface area contributed by atoms with E-state index in [1.165, 1.54) is 7.11 Å². The third kappa shape index (κ3) is 2.30. The fourth-order valence-electron chi connectivity index (χ4n) is 1.02. The molecule has 0 unspecified atom stereocenters. The number of nitrogens with zero attached hydrogens (tertiary/aromatic N) is 2. The number of hydrogen-bond acceptors (Lipinski definition) is 3. The topological polar surface area (TPSA) is 44.1 Å². The summed E-state index contributed by atoms with van der Waals surface area (Å²) in [6.07, 6.45) is 0. The van der Waals surface area contributed by atoms with Crippen molar-refractivity contribution in [1.82, 2.24) is 9.78 Å². The number of methoxy groups -OCH3 is 1. The predicted molar refractivity (Wildman–Crippen MR) is 52.1 cm³/mol. The molecule has 0 spiro atoms. The van der Waals surface area contributed by atoms with Gasteiger partial charge in [-0.2, -0.15) is 5.10 Å². The van der Waals surface area contributed by atoms with Gasteiger partial charge in [-0.15, -0.1) is 0 Å². The second-order valence-electron chi connectivity index (χ2n) is 2.57. The largest absolute Gasteiger partial charge is 0.464 e. The Morgan fingerprint density at radius 3 is 3.00 bits per heavy atom. The van der Waals surface area contributed by atoms with Crippen LogP contribution in [0, 0.1) is 6.92 Å². The van der Waals surface area contributed by atoms with Gasteiger partial charge in [0.05, 0.1) is 13.7 Å². The zero-order chi connectivity index (χ0) is 9.84. The summed E-state index contributed by atoms with van der Waals surface area (Å²) >= 11 is 3.31. The van der Waals surface area contributed by atoms with E-state index in [0.717, 1.165) is 17.6 Å². The third-order valence-electron chi connectivity index (χ3n) is 1.67. The molecule has 0 aliphatic heterocycles. The van der Waals surface area contributed by atoms with Gasteiger partial charge in [-0.05, 0) is 13.0 Å². The van der Waals surface area contributed by atoms with Crippen LogP contribution in [0.15, 0.2) is 6.07 Å². The molecule has 0 aliphatic carbocycles. The first kappa shape index (κ1) is 10.2. The average Bonchev–Trinajstić information content (AvgIpc) is 2.47. The van der Waals surface area contributed by atoms with Crippen molar-refractivity contribution in [1.29, 1.82) is 0 Å².